The van der Waals surface area contributed by atoms with Crippen LogP contribution >= 0.6 is 0 Å². The molecule has 1 heterocycles. The zero-order valence-electron chi connectivity index (χ0n) is 19.1. The number of carbonyl (C=O) groups is 2. The standard InChI is InChI=1S/C28H27FN2O3/c1-2-27(32)30(16-19-8-5-7-18-6-3-4-9-22(18)19)21-11-13-26-24(15-21)23-14-20(29)10-12-25(23)31(26)17-28(33)34/h3-10,12,14,21H,2,11,13,15-17H2,1H3,(H,33,34)/t21-/m0/s1. The Hall–Kier alpha value is -3.67. The maximum Gasteiger partial charge on any atom is 0.323 e. The van der Waals surface area contributed by atoms with Crippen molar-refractivity contribution in [1.82, 2.24) is 9.47 Å². The molecule has 1 aliphatic carbocycles. The number of aliphatic carboxylic acids is 1. The number of hydrogen-bond donors (Lipinski definition) is 1. The topological polar surface area (TPSA) is 62.5 Å². The van der Waals surface area contributed by atoms with Gasteiger partial charge in [-0.25, -0.2) is 4.39 Å². The summed E-state index contributed by atoms with van der Waals surface area (Å²) >= 11 is 0. The molecule has 0 radical (unpaired) electrons. The lowest BCUT2D eigenvalue weighted by Gasteiger charge is -2.35. The van der Waals surface area contributed by atoms with Crippen LogP contribution in [0.2, 0.25) is 0 Å². The Morgan fingerprint density at radius 3 is 2.68 bits per heavy atom. The van der Waals surface area contributed by atoms with Gasteiger partial charge in [-0.2, -0.15) is 0 Å². The molecule has 1 atom stereocenters. The number of carbonyl (C=O) groups excluding carboxylic acids is 1. The number of carboxylic acid groups (broad SMARTS) is 1. The maximum absolute atomic E-state index is 14.2. The number of benzene rings is 3. The van der Waals surface area contributed by atoms with Crippen LogP contribution in [0.5, 0.6) is 0 Å². The molecule has 0 aliphatic heterocycles. The lowest BCUT2D eigenvalue weighted by Crippen LogP contribution is -2.42. The largest absolute Gasteiger partial charge is 0.480 e. The molecule has 1 amide bonds. The Kier molecular flexibility index (Phi) is 5.82. The Morgan fingerprint density at radius 1 is 1.09 bits per heavy atom. The minimum atomic E-state index is -0.926. The van der Waals surface area contributed by atoms with Gasteiger partial charge in [0.15, 0.2) is 0 Å². The van der Waals surface area contributed by atoms with Crippen LogP contribution in [-0.2, 0) is 35.5 Å². The monoisotopic (exact) mass is 458 g/mol. The third-order valence-electron chi connectivity index (χ3n) is 6.98. The van der Waals surface area contributed by atoms with Crippen LogP contribution in [0.1, 0.15) is 36.6 Å². The fourth-order valence-corrected chi connectivity index (χ4v) is 5.42. The normalized spacial score (nSPS) is 15.4. The molecule has 5 nitrogen and oxygen atoms in total. The van der Waals surface area contributed by atoms with Gasteiger partial charge >= 0.3 is 5.97 Å². The maximum atomic E-state index is 14.2. The van der Waals surface area contributed by atoms with Crippen LogP contribution in [0.15, 0.2) is 60.7 Å². The number of nitrogens with zero attached hydrogens (tertiary/aromatic N) is 2. The zero-order chi connectivity index (χ0) is 23.8. The smallest absolute Gasteiger partial charge is 0.323 e. The molecule has 5 rings (SSSR count). The molecule has 1 aliphatic rings. The Morgan fingerprint density at radius 2 is 1.88 bits per heavy atom. The predicted octanol–water partition coefficient (Wildman–Crippen LogP) is 5.31. The minimum Gasteiger partial charge on any atom is -0.480 e. The Balaban J connectivity index is 1.54. The summed E-state index contributed by atoms with van der Waals surface area (Å²) in [5, 5.41) is 12.5. The molecule has 174 valence electrons. The molecular weight excluding hydrogens is 431 g/mol. The second kappa shape index (κ2) is 8.93. The molecular formula is C28H27FN2O3. The van der Waals surface area contributed by atoms with E-state index in [9.17, 15) is 19.1 Å². The molecule has 6 heteroatoms. The third-order valence-corrected chi connectivity index (χ3v) is 6.98. The first-order chi connectivity index (χ1) is 16.5. The van der Waals surface area contributed by atoms with E-state index in [-0.39, 0.29) is 24.3 Å². The number of hydrogen-bond acceptors (Lipinski definition) is 2. The van der Waals surface area contributed by atoms with Crippen molar-refractivity contribution in [3.05, 3.63) is 83.3 Å². The highest BCUT2D eigenvalue weighted by molar-refractivity contribution is 5.88. The van der Waals surface area contributed by atoms with Gasteiger partial charge in [0.1, 0.15) is 12.4 Å². The summed E-state index contributed by atoms with van der Waals surface area (Å²) < 4.78 is 16.0. The van der Waals surface area contributed by atoms with Crippen molar-refractivity contribution < 1.29 is 19.1 Å². The zero-order valence-corrected chi connectivity index (χ0v) is 19.1. The van der Waals surface area contributed by atoms with E-state index in [1.807, 2.05) is 30.0 Å². The van der Waals surface area contributed by atoms with E-state index in [2.05, 4.69) is 24.3 Å². The number of fused-ring (bicyclic) bond motifs is 4. The van der Waals surface area contributed by atoms with Crippen molar-refractivity contribution in [3.63, 3.8) is 0 Å². The van der Waals surface area contributed by atoms with Crippen LogP contribution in [0.25, 0.3) is 21.7 Å². The van der Waals surface area contributed by atoms with E-state index in [0.717, 1.165) is 44.9 Å². The number of carboxylic acids is 1. The number of rotatable bonds is 6. The van der Waals surface area contributed by atoms with E-state index in [4.69, 9.17) is 0 Å². The van der Waals surface area contributed by atoms with Crippen LogP contribution in [0, 0.1) is 5.82 Å². The Bertz CT molecular complexity index is 1400. The van der Waals surface area contributed by atoms with Crippen molar-refractivity contribution in [3.8, 4) is 0 Å². The Labute approximate surface area is 197 Å². The SMILES string of the molecule is CCC(=O)N(Cc1cccc2ccccc12)[C@H]1CCc2c(c3cc(F)ccc3n2CC(=O)O)C1. The fraction of sp³-hybridized carbons (Fsp3) is 0.286. The number of aromatic nitrogens is 1. The van der Waals surface area contributed by atoms with Crippen molar-refractivity contribution in [2.24, 2.45) is 0 Å². The lowest BCUT2D eigenvalue weighted by molar-refractivity contribution is -0.137. The first-order valence-electron chi connectivity index (χ1n) is 11.7. The van der Waals surface area contributed by atoms with Gasteiger partial charge in [0.25, 0.3) is 0 Å². The molecule has 0 saturated heterocycles. The first kappa shape index (κ1) is 22.1. The van der Waals surface area contributed by atoms with Gasteiger partial charge < -0.3 is 14.6 Å². The summed E-state index contributed by atoms with van der Waals surface area (Å²) in [5.41, 5.74) is 3.73. The van der Waals surface area contributed by atoms with Gasteiger partial charge in [0.2, 0.25) is 5.91 Å². The molecule has 0 fully saturated rings. The summed E-state index contributed by atoms with van der Waals surface area (Å²) in [6, 6.07) is 18.8. The second-order valence-electron chi connectivity index (χ2n) is 8.98. The van der Waals surface area contributed by atoms with Crippen LogP contribution in [0.3, 0.4) is 0 Å². The molecule has 3 aromatic carbocycles. The predicted molar refractivity (Wildman–Crippen MR) is 130 cm³/mol. The molecule has 0 spiro atoms. The van der Waals surface area contributed by atoms with E-state index >= 15 is 0 Å². The summed E-state index contributed by atoms with van der Waals surface area (Å²) in [6.07, 6.45) is 2.37. The number of halogens is 1. The van der Waals surface area contributed by atoms with E-state index in [1.54, 1.807) is 10.6 Å². The summed E-state index contributed by atoms with van der Waals surface area (Å²) in [6.45, 7) is 2.23. The number of amides is 1. The fourth-order valence-electron chi connectivity index (χ4n) is 5.42. The van der Waals surface area contributed by atoms with Crippen molar-refractivity contribution in [1.29, 1.82) is 0 Å². The van der Waals surface area contributed by atoms with E-state index < -0.39 is 5.97 Å². The molecule has 0 saturated carbocycles. The van der Waals surface area contributed by atoms with Crippen molar-refractivity contribution >= 4 is 33.6 Å². The minimum absolute atomic E-state index is 0.0361. The molecule has 1 aromatic heterocycles. The third kappa shape index (κ3) is 3.94. The van der Waals surface area contributed by atoms with Gasteiger partial charge in [-0.3, -0.25) is 9.59 Å². The molecule has 4 aromatic rings. The molecule has 34 heavy (non-hydrogen) atoms. The average molecular weight is 459 g/mol. The molecule has 0 unspecified atom stereocenters. The highest BCUT2D eigenvalue weighted by atomic mass is 19.1. The molecule has 1 N–H and O–H groups in total. The van der Waals surface area contributed by atoms with Crippen LogP contribution in [0.4, 0.5) is 4.39 Å². The van der Waals surface area contributed by atoms with Crippen LogP contribution < -0.4 is 0 Å². The van der Waals surface area contributed by atoms with Crippen molar-refractivity contribution in [2.75, 3.05) is 0 Å². The second-order valence-corrected chi connectivity index (χ2v) is 8.98. The highest BCUT2D eigenvalue weighted by Crippen LogP contribution is 2.35. The first-order valence-corrected chi connectivity index (χ1v) is 11.7. The van der Waals surface area contributed by atoms with Gasteiger partial charge in [0, 0.05) is 35.6 Å². The molecule has 0 bridgehead atoms. The van der Waals surface area contributed by atoms with Gasteiger partial charge in [-0.1, -0.05) is 49.4 Å². The van der Waals surface area contributed by atoms with Gasteiger partial charge in [0.05, 0.1) is 0 Å². The van der Waals surface area contributed by atoms with Gasteiger partial charge in [-0.15, -0.1) is 0 Å². The summed E-state index contributed by atoms with van der Waals surface area (Å²) in [5.74, 6) is -1.19. The van der Waals surface area contributed by atoms with E-state index in [0.29, 0.717) is 25.8 Å². The van der Waals surface area contributed by atoms with E-state index in [1.165, 1.54) is 12.1 Å². The van der Waals surface area contributed by atoms with Crippen molar-refractivity contribution in [2.45, 2.75) is 51.7 Å². The average Bonchev–Trinajstić information content (AvgIpc) is 3.13. The lowest BCUT2D eigenvalue weighted by atomic mass is 9.89. The highest BCUT2D eigenvalue weighted by Gasteiger charge is 2.31. The quantitative estimate of drug-likeness (QED) is 0.426. The summed E-state index contributed by atoms with van der Waals surface area (Å²) in [4.78, 5) is 26.6. The summed E-state index contributed by atoms with van der Waals surface area (Å²) in [7, 11) is 0. The van der Waals surface area contributed by atoms with Crippen LogP contribution in [-0.4, -0.2) is 32.5 Å². The van der Waals surface area contributed by atoms with Gasteiger partial charge in [-0.05, 0) is 59.4 Å².